The monoisotopic (exact) mass is 427 g/mol. The number of halogens is 1. The van der Waals surface area contributed by atoms with E-state index >= 15 is 0 Å². The standard InChI is InChI=1S/C20H14FN3O5S/c21-15-8-10-16(11-9-15)23-20(25)22(13-14-4-3-5-17(12-14)24(26)27)18-6-1-2-7-19(18)30(23,28)29/h1-12H,13H2. The number of carbonyl (C=O) groups is 1. The van der Waals surface area contributed by atoms with Crippen molar-refractivity contribution in [3.8, 4) is 0 Å². The fourth-order valence-corrected chi connectivity index (χ4v) is 4.83. The van der Waals surface area contributed by atoms with Crippen molar-refractivity contribution in [1.82, 2.24) is 0 Å². The molecule has 0 spiro atoms. The largest absolute Gasteiger partial charge is 0.343 e. The molecule has 2 amide bonds. The van der Waals surface area contributed by atoms with E-state index in [0.29, 0.717) is 9.87 Å². The van der Waals surface area contributed by atoms with Crippen LogP contribution < -0.4 is 9.21 Å². The van der Waals surface area contributed by atoms with Gasteiger partial charge in [0.25, 0.3) is 15.7 Å². The zero-order valence-electron chi connectivity index (χ0n) is 15.3. The summed E-state index contributed by atoms with van der Waals surface area (Å²) in [5, 5.41) is 11.1. The van der Waals surface area contributed by atoms with Crippen LogP contribution in [0.5, 0.6) is 0 Å². The molecule has 0 N–H and O–H groups in total. The normalized spacial score (nSPS) is 15.0. The van der Waals surface area contributed by atoms with Crippen LogP contribution in [-0.2, 0) is 16.6 Å². The summed E-state index contributed by atoms with van der Waals surface area (Å²) in [6.45, 7) is -0.0925. The Labute approximate surface area is 171 Å². The highest BCUT2D eigenvalue weighted by Crippen LogP contribution is 2.38. The van der Waals surface area contributed by atoms with Crippen LogP contribution in [0.2, 0.25) is 0 Å². The van der Waals surface area contributed by atoms with Crippen molar-refractivity contribution in [3.63, 3.8) is 0 Å². The zero-order valence-corrected chi connectivity index (χ0v) is 16.1. The molecule has 0 aliphatic carbocycles. The minimum absolute atomic E-state index is 0.0139. The highest BCUT2D eigenvalue weighted by Gasteiger charge is 2.42. The van der Waals surface area contributed by atoms with Crippen LogP contribution in [0.4, 0.5) is 26.2 Å². The maximum Gasteiger partial charge on any atom is 0.343 e. The summed E-state index contributed by atoms with van der Waals surface area (Å²) in [5.41, 5.74) is 0.450. The number of anilines is 2. The Morgan fingerprint density at radius 3 is 2.37 bits per heavy atom. The Hall–Kier alpha value is -3.79. The predicted molar refractivity (Wildman–Crippen MR) is 107 cm³/mol. The summed E-state index contributed by atoms with van der Waals surface area (Å²) in [6, 6.07) is 15.4. The zero-order chi connectivity index (χ0) is 21.5. The average Bonchev–Trinajstić information content (AvgIpc) is 2.73. The van der Waals surface area contributed by atoms with Crippen molar-refractivity contribution in [3.05, 3.63) is 94.3 Å². The maximum absolute atomic E-state index is 13.3. The molecular weight excluding hydrogens is 413 g/mol. The van der Waals surface area contributed by atoms with Crippen molar-refractivity contribution in [2.24, 2.45) is 0 Å². The first kappa shape index (κ1) is 19.5. The van der Waals surface area contributed by atoms with Gasteiger partial charge in [0.05, 0.1) is 22.8 Å². The molecule has 1 aliphatic rings. The number of carbonyl (C=O) groups excluding carboxylic acids is 1. The molecule has 152 valence electrons. The van der Waals surface area contributed by atoms with E-state index in [1.54, 1.807) is 12.1 Å². The van der Waals surface area contributed by atoms with Gasteiger partial charge in [0.2, 0.25) is 0 Å². The Bertz CT molecular complexity index is 1260. The van der Waals surface area contributed by atoms with Gasteiger partial charge in [0.1, 0.15) is 10.7 Å². The molecule has 0 atom stereocenters. The summed E-state index contributed by atoms with van der Waals surface area (Å²) in [5.74, 6) is -0.575. The van der Waals surface area contributed by atoms with Crippen LogP contribution in [0.15, 0.2) is 77.7 Å². The fourth-order valence-electron chi connectivity index (χ4n) is 3.24. The summed E-state index contributed by atoms with van der Waals surface area (Å²) in [4.78, 5) is 24.9. The number of sulfonamides is 1. The molecule has 0 unspecified atom stereocenters. The van der Waals surface area contributed by atoms with Gasteiger partial charge in [-0.2, -0.15) is 4.31 Å². The van der Waals surface area contributed by atoms with Crippen molar-refractivity contribution in [2.75, 3.05) is 9.21 Å². The van der Waals surface area contributed by atoms with Gasteiger partial charge in [0.15, 0.2) is 0 Å². The Morgan fingerprint density at radius 1 is 0.967 bits per heavy atom. The molecule has 8 nitrogen and oxygen atoms in total. The lowest BCUT2D eigenvalue weighted by Crippen LogP contribution is -2.50. The number of rotatable bonds is 4. The van der Waals surface area contributed by atoms with Crippen LogP contribution in [-0.4, -0.2) is 19.4 Å². The second-order valence-corrected chi connectivity index (χ2v) is 8.26. The molecule has 10 heteroatoms. The molecule has 0 aromatic heterocycles. The second kappa shape index (κ2) is 7.23. The smallest absolute Gasteiger partial charge is 0.287 e. The number of nitrogens with zero attached hydrogens (tertiary/aromatic N) is 3. The third-order valence-corrected chi connectivity index (χ3v) is 6.35. The van der Waals surface area contributed by atoms with Gasteiger partial charge < -0.3 is 0 Å². The van der Waals surface area contributed by atoms with E-state index in [2.05, 4.69) is 0 Å². The van der Waals surface area contributed by atoms with Crippen molar-refractivity contribution in [1.29, 1.82) is 0 Å². The first-order chi connectivity index (χ1) is 14.3. The quantitative estimate of drug-likeness (QED) is 0.461. The fraction of sp³-hybridized carbons (Fsp3) is 0.0500. The number of hydrogen-bond donors (Lipinski definition) is 0. The lowest BCUT2D eigenvalue weighted by Gasteiger charge is -2.36. The number of para-hydroxylation sites is 1. The number of fused-ring (bicyclic) bond motifs is 1. The van der Waals surface area contributed by atoms with Gasteiger partial charge in [-0.3, -0.25) is 15.0 Å². The topological polar surface area (TPSA) is 101 Å². The van der Waals surface area contributed by atoms with Crippen LogP contribution in [0.25, 0.3) is 0 Å². The molecule has 0 radical (unpaired) electrons. The van der Waals surface area contributed by atoms with Gasteiger partial charge in [-0.05, 0) is 42.0 Å². The van der Waals surface area contributed by atoms with Crippen molar-refractivity contribution in [2.45, 2.75) is 11.4 Å². The van der Waals surface area contributed by atoms with E-state index in [9.17, 15) is 27.7 Å². The number of nitro benzene ring substituents is 1. The number of amides is 2. The highest BCUT2D eigenvalue weighted by molar-refractivity contribution is 7.94. The lowest BCUT2D eigenvalue weighted by atomic mass is 10.1. The van der Waals surface area contributed by atoms with E-state index in [4.69, 9.17) is 0 Å². The van der Waals surface area contributed by atoms with Crippen LogP contribution in [0.3, 0.4) is 0 Å². The van der Waals surface area contributed by atoms with Crippen LogP contribution in [0, 0.1) is 15.9 Å². The van der Waals surface area contributed by atoms with E-state index < -0.39 is 26.8 Å². The number of nitro groups is 1. The second-order valence-electron chi connectivity index (χ2n) is 6.51. The highest BCUT2D eigenvalue weighted by atomic mass is 32.2. The number of urea groups is 1. The lowest BCUT2D eigenvalue weighted by molar-refractivity contribution is -0.384. The molecule has 3 aromatic rings. The van der Waals surface area contributed by atoms with E-state index in [0.717, 1.165) is 12.1 Å². The minimum Gasteiger partial charge on any atom is -0.287 e. The third-order valence-electron chi connectivity index (χ3n) is 4.60. The Balaban J connectivity index is 1.84. The van der Waals surface area contributed by atoms with E-state index in [1.165, 1.54) is 53.4 Å². The molecule has 4 rings (SSSR count). The Morgan fingerprint density at radius 2 is 1.67 bits per heavy atom. The number of hydrogen-bond acceptors (Lipinski definition) is 5. The average molecular weight is 427 g/mol. The number of benzene rings is 3. The van der Waals surface area contributed by atoms with Crippen LogP contribution >= 0.6 is 0 Å². The van der Waals surface area contributed by atoms with Gasteiger partial charge >= 0.3 is 6.03 Å². The Kier molecular flexibility index (Phi) is 4.70. The molecule has 1 aliphatic heterocycles. The molecule has 1 heterocycles. The summed E-state index contributed by atoms with van der Waals surface area (Å²) >= 11 is 0. The van der Waals surface area contributed by atoms with Gasteiger partial charge in [-0.15, -0.1) is 0 Å². The first-order valence-corrected chi connectivity index (χ1v) is 10.2. The molecular formula is C20H14FN3O5S. The SMILES string of the molecule is O=C1N(Cc2cccc([N+](=O)[O-])c2)c2ccccc2S(=O)(=O)N1c1ccc(F)cc1. The van der Waals surface area contributed by atoms with E-state index in [1.807, 2.05) is 0 Å². The maximum atomic E-state index is 13.3. The summed E-state index contributed by atoms with van der Waals surface area (Å²) in [6.07, 6.45) is 0. The predicted octanol–water partition coefficient (Wildman–Crippen LogP) is 4.07. The minimum atomic E-state index is -4.23. The van der Waals surface area contributed by atoms with Gasteiger partial charge in [0, 0.05) is 12.1 Å². The van der Waals surface area contributed by atoms with Crippen molar-refractivity contribution >= 4 is 33.1 Å². The molecule has 0 saturated heterocycles. The molecule has 3 aromatic carbocycles. The number of non-ortho nitro benzene ring substituents is 1. The third kappa shape index (κ3) is 3.26. The van der Waals surface area contributed by atoms with Gasteiger partial charge in [-0.1, -0.05) is 24.3 Å². The van der Waals surface area contributed by atoms with Crippen molar-refractivity contribution < 1.29 is 22.5 Å². The molecule has 0 fully saturated rings. The first-order valence-electron chi connectivity index (χ1n) is 8.74. The molecule has 0 saturated carbocycles. The van der Waals surface area contributed by atoms with Crippen LogP contribution in [0.1, 0.15) is 5.56 Å². The van der Waals surface area contributed by atoms with Gasteiger partial charge in [-0.25, -0.2) is 17.6 Å². The molecule has 0 bridgehead atoms. The van der Waals surface area contributed by atoms with E-state index in [-0.39, 0.29) is 28.5 Å². The summed E-state index contributed by atoms with van der Waals surface area (Å²) in [7, 11) is -4.23. The molecule has 30 heavy (non-hydrogen) atoms. The summed E-state index contributed by atoms with van der Waals surface area (Å²) < 4.78 is 40.2.